The van der Waals surface area contributed by atoms with E-state index in [9.17, 15) is 0 Å². The molecule has 0 aliphatic carbocycles. The van der Waals surface area contributed by atoms with E-state index in [0.29, 0.717) is 6.04 Å². The first-order valence-corrected chi connectivity index (χ1v) is 9.58. The van der Waals surface area contributed by atoms with Crippen molar-refractivity contribution in [3.05, 3.63) is 42.0 Å². The van der Waals surface area contributed by atoms with Gasteiger partial charge in [-0.3, -0.25) is 4.90 Å². The number of methoxy groups -OCH3 is 4. The van der Waals surface area contributed by atoms with Gasteiger partial charge in [0.05, 0.1) is 28.4 Å². The molecular formula is C22H30N2O4. The van der Waals surface area contributed by atoms with Crippen molar-refractivity contribution in [2.45, 2.75) is 25.4 Å². The maximum absolute atomic E-state index is 5.53. The first kappa shape index (κ1) is 20.1. The van der Waals surface area contributed by atoms with Gasteiger partial charge in [-0.25, -0.2) is 0 Å². The van der Waals surface area contributed by atoms with Crippen molar-refractivity contribution in [3.8, 4) is 23.0 Å². The summed E-state index contributed by atoms with van der Waals surface area (Å²) in [6, 6.07) is 12.3. The number of nitrogens with one attached hydrogen (secondary N) is 1. The third-order valence-corrected chi connectivity index (χ3v) is 5.14. The predicted octanol–water partition coefficient (Wildman–Crippen LogP) is 3.80. The van der Waals surface area contributed by atoms with Crippen LogP contribution in [0.4, 0.5) is 5.69 Å². The van der Waals surface area contributed by atoms with Crippen molar-refractivity contribution >= 4 is 5.69 Å². The molecule has 1 heterocycles. The summed E-state index contributed by atoms with van der Waals surface area (Å²) in [7, 11) is 6.71. The minimum atomic E-state index is 0.378. The Bertz CT molecular complexity index is 781. The smallest absolute Gasteiger partial charge is 0.162 e. The number of ether oxygens (including phenoxy) is 4. The van der Waals surface area contributed by atoms with Crippen LogP contribution in [0.1, 0.15) is 18.4 Å². The van der Waals surface area contributed by atoms with Crippen LogP contribution in [0.2, 0.25) is 0 Å². The van der Waals surface area contributed by atoms with Gasteiger partial charge in [0.25, 0.3) is 0 Å². The Morgan fingerprint density at radius 2 is 1.64 bits per heavy atom. The topological polar surface area (TPSA) is 52.2 Å². The molecule has 1 unspecified atom stereocenters. The maximum Gasteiger partial charge on any atom is 0.162 e. The van der Waals surface area contributed by atoms with E-state index in [1.165, 1.54) is 0 Å². The van der Waals surface area contributed by atoms with E-state index >= 15 is 0 Å². The molecule has 28 heavy (non-hydrogen) atoms. The number of hydrogen-bond acceptors (Lipinski definition) is 6. The Labute approximate surface area is 167 Å². The molecule has 1 fully saturated rings. The van der Waals surface area contributed by atoms with Gasteiger partial charge in [-0.05, 0) is 49.7 Å². The van der Waals surface area contributed by atoms with E-state index in [1.54, 1.807) is 28.4 Å². The van der Waals surface area contributed by atoms with Crippen LogP contribution in [-0.4, -0.2) is 52.5 Å². The summed E-state index contributed by atoms with van der Waals surface area (Å²) < 4.78 is 21.6. The Kier molecular flexibility index (Phi) is 6.87. The van der Waals surface area contributed by atoms with Crippen LogP contribution < -0.4 is 24.3 Å². The molecule has 0 bridgehead atoms. The van der Waals surface area contributed by atoms with E-state index in [-0.39, 0.29) is 0 Å². The number of hydrogen-bond donors (Lipinski definition) is 1. The van der Waals surface area contributed by atoms with Crippen LogP contribution in [0.3, 0.4) is 0 Å². The average molecular weight is 386 g/mol. The van der Waals surface area contributed by atoms with Gasteiger partial charge in [0.2, 0.25) is 0 Å². The summed E-state index contributed by atoms with van der Waals surface area (Å²) in [6.07, 6.45) is 2.29. The lowest BCUT2D eigenvalue weighted by Gasteiger charge is -2.34. The summed E-state index contributed by atoms with van der Waals surface area (Å²) in [5.74, 6) is 3.23. The Morgan fingerprint density at radius 1 is 0.893 bits per heavy atom. The lowest BCUT2D eigenvalue weighted by atomic mass is 10.0. The minimum absolute atomic E-state index is 0.378. The van der Waals surface area contributed by atoms with Gasteiger partial charge < -0.3 is 24.3 Å². The number of anilines is 1. The standard InChI is InChI=1S/C22H30N2O4/c1-25-19-8-10-20(26-2)16(12-19)14-24-11-5-6-18(15-24)23-17-7-9-21(27-3)22(13-17)28-4/h7-10,12-13,18,23H,5-6,11,14-15H2,1-4H3. The van der Waals surface area contributed by atoms with Crippen molar-refractivity contribution < 1.29 is 18.9 Å². The normalized spacial score (nSPS) is 17.1. The average Bonchev–Trinajstić information content (AvgIpc) is 2.73. The molecule has 0 saturated carbocycles. The maximum atomic E-state index is 5.53. The van der Waals surface area contributed by atoms with Gasteiger partial charge in [0.1, 0.15) is 11.5 Å². The number of piperidine rings is 1. The van der Waals surface area contributed by atoms with E-state index in [0.717, 1.165) is 66.7 Å². The summed E-state index contributed by atoms with van der Waals surface area (Å²) >= 11 is 0. The summed E-state index contributed by atoms with van der Waals surface area (Å²) in [5.41, 5.74) is 2.19. The van der Waals surface area contributed by atoms with Crippen LogP contribution in [0.25, 0.3) is 0 Å². The molecule has 2 aromatic rings. The van der Waals surface area contributed by atoms with Crippen molar-refractivity contribution in [1.82, 2.24) is 4.90 Å². The first-order chi connectivity index (χ1) is 13.7. The number of rotatable bonds is 8. The summed E-state index contributed by atoms with van der Waals surface area (Å²) in [6.45, 7) is 2.88. The van der Waals surface area contributed by atoms with Crippen molar-refractivity contribution in [2.24, 2.45) is 0 Å². The number of benzene rings is 2. The van der Waals surface area contributed by atoms with Crippen molar-refractivity contribution in [2.75, 3.05) is 46.8 Å². The molecule has 6 heteroatoms. The van der Waals surface area contributed by atoms with E-state index in [1.807, 2.05) is 30.3 Å². The van der Waals surface area contributed by atoms with Gasteiger partial charge in [0.15, 0.2) is 11.5 Å². The van der Waals surface area contributed by atoms with Gasteiger partial charge >= 0.3 is 0 Å². The van der Waals surface area contributed by atoms with Crippen LogP contribution in [0.15, 0.2) is 36.4 Å². The second kappa shape index (κ2) is 9.55. The lowest BCUT2D eigenvalue weighted by molar-refractivity contribution is 0.206. The number of likely N-dealkylation sites (tertiary alicyclic amines) is 1. The lowest BCUT2D eigenvalue weighted by Crippen LogP contribution is -2.41. The third kappa shape index (κ3) is 4.81. The summed E-state index contributed by atoms with van der Waals surface area (Å²) in [4.78, 5) is 2.46. The van der Waals surface area contributed by atoms with Gasteiger partial charge in [-0.2, -0.15) is 0 Å². The molecule has 1 N–H and O–H groups in total. The molecule has 1 aliphatic heterocycles. The second-order valence-corrected chi connectivity index (χ2v) is 6.97. The molecule has 1 aliphatic rings. The van der Waals surface area contributed by atoms with Crippen LogP contribution in [0.5, 0.6) is 23.0 Å². The van der Waals surface area contributed by atoms with Crippen LogP contribution >= 0.6 is 0 Å². The molecule has 3 rings (SSSR count). The molecule has 0 aromatic heterocycles. The molecule has 2 aromatic carbocycles. The fourth-order valence-electron chi connectivity index (χ4n) is 3.73. The van der Waals surface area contributed by atoms with E-state index in [4.69, 9.17) is 18.9 Å². The van der Waals surface area contributed by atoms with Gasteiger partial charge in [-0.15, -0.1) is 0 Å². The zero-order valence-corrected chi connectivity index (χ0v) is 17.2. The molecule has 0 spiro atoms. The van der Waals surface area contributed by atoms with Crippen LogP contribution in [0, 0.1) is 0 Å². The second-order valence-electron chi connectivity index (χ2n) is 6.97. The molecule has 1 atom stereocenters. The Balaban J connectivity index is 1.66. The predicted molar refractivity (Wildman–Crippen MR) is 111 cm³/mol. The monoisotopic (exact) mass is 386 g/mol. The Morgan fingerprint density at radius 3 is 2.36 bits per heavy atom. The molecule has 1 saturated heterocycles. The first-order valence-electron chi connectivity index (χ1n) is 9.58. The third-order valence-electron chi connectivity index (χ3n) is 5.14. The van der Waals surface area contributed by atoms with Gasteiger partial charge in [-0.1, -0.05) is 0 Å². The highest BCUT2D eigenvalue weighted by Crippen LogP contribution is 2.31. The largest absolute Gasteiger partial charge is 0.497 e. The molecule has 152 valence electrons. The number of nitrogens with zero attached hydrogens (tertiary/aromatic N) is 1. The molecular weight excluding hydrogens is 356 g/mol. The minimum Gasteiger partial charge on any atom is -0.497 e. The molecule has 6 nitrogen and oxygen atoms in total. The van der Waals surface area contributed by atoms with Crippen LogP contribution in [-0.2, 0) is 6.54 Å². The highest BCUT2D eigenvalue weighted by Gasteiger charge is 2.21. The zero-order valence-electron chi connectivity index (χ0n) is 17.2. The molecule has 0 amide bonds. The van der Waals surface area contributed by atoms with Crippen molar-refractivity contribution in [1.29, 1.82) is 0 Å². The quantitative estimate of drug-likeness (QED) is 0.745. The SMILES string of the molecule is COc1ccc(OC)c(CN2CCCC(Nc3ccc(OC)c(OC)c3)C2)c1. The fraction of sp³-hybridized carbons (Fsp3) is 0.455. The van der Waals surface area contributed by atoms with Crippen molar-refractivity contribution in [3.63, 3.8) is 0 Å². The highest BCUT2D eigenvalue weighted by molar-refractivity contribution is 5.55. The van der Waals surface area contributed by atoms with E-state index < -0.39 is 0 Å². The van der Waals surface area contributed by atoms with E-state index in [2.05, 4.69) is 16.3 Å². The summed E-state index contributed by atoms with van der Waals surface area (Å²) in [5, 5.41) is 3.64. The molecule has 0 radical (unpaired) electrons. The fourth-order valence-corrected chi connectivity index (χ4v) is 3.73. The Hall–Kier alpha value is -2.60. The highest BCUT2D eigenvalue weighted by atomic mass is 16.5. The van der Waals surface area contributed by atoms with Gasteiger partial charge in [0, 0.05) is 36.4 Å². The zero-order chi connectivity index (χ0) is 19.9.